The predicted octanol–water partition coefficient (Wildman–Crippen LogP) is 12.5. The number of hydrogen-bond donors (Lipinski definition) is 1. The number of aromatic nitrogens is 2. The first-order chi connectivity index (χ1) is 24.9. The Morgan fingerprint density at radius 1 is 0.769 bits per heavy atom. The summed E-state index contributed by atoms with van der Waals surface area (Å²) in [6.07, 6.45) is 10.5. The summed E-state index contributed by atoms with van der Waals surface area (Å²) in [6, 6.07) is 34.7. The van der Waals surface area contributed by atoms with Crippen molar-refractivity contribution in [3.05, 3.63) is 133 Å². The molecule has 0 unspecified atom stereocenters. The molecule has 0 bridgehead atoms. The van der Waals surface area contributed by atoms with Gasteiger partial charge in [0.1, 0.15) is 5.58 Å². The molecule has 0 amide bonds. The maximum absolute atomic E-state index is 11.7. The van der Waals surface area contributed by atoms with Crippen LogP contribution >= 0.6 is 0 Å². The van der Waals surface area contributed by atoms with Crippen LogP contribution in [0.3, 0.4) is 0 Å². The van der Waals surface area contributed by atoms with Crippen molar-refractivity contribution in [2.75, 3.05) is 0 Å². The van der Waals surface area contributed by atoms with E-state index in [0.717, 1.165) is 91.9 Å². The summed E-state index contributed by atoms with van der Waals surface area (Å²) in [5, 5.41) is 14.2. The summed E-state index contributed by atoms with van der Waals surface area (Å²) in [6.45, 7) is 10.2. The monoisotopic (exact) mass is 866 g/mol. The molecule has 4 aromatic carbocycles. The van der Waals surface area contributed by atoms with E-state index in [0.29, 0.717) is 0 Å². The van der Waals surface area contributed by atoms with E-state index in [1.54, 1.807) is 0 Å². The minimum Gasteiger partial charge on any atom is -0.512 e. The first kappa shape index (κ1) is 38.3. The number of benzene rings is 4. The molecule has 0 aliphatic carbocycles. The number of rotatable bonds is 10. The number of aryl methyl sites for hydroxylation is 1. The second-order valence-electron chi connectivity index (χ2n) is 13.1. The summed E-state index contributed by atoms with van der Waals surface area (Å²) >= 11 is 0. The van der Waals surface area contributed by atoms with E-state index in [1.165, 1.54) is 11.6 Å². The number of nitrogens with zero attached hydrogens (tertiary/aromatic N) is 2. The van der Waals surface area contributed by atoms with Crippen molar-refractivity contribution < 1.29 is 34.4 Å². The number of pyridine rings is 2. The van der Waals surface area contributed by atoms with E-state index >= 15 is 0 Å². The second kappa shape index (κ2) is 17.5. The Morgan fingerprint density at radius 3 is 2.25 bits per heavy atom. The van der Waals surface area contributed by atoms with Crippen LogP contribution in [0.2, 0.25) is 0 Å². The molecule has 6 heteroatoms. The second-order valence-corrected chi connectivity index (χ2v) is 13.1. The van der Waals surface area contributed by atoms with E-state index < -0.39 is 0 Å². The summed E-state index contributed by atoms with van der Waals surface area (Å²) in [7, 11) is 0. The quantitative estimate of drug-likeness (QED) is 0.0842. The van der Waals surface area contributed by atoms with Crippen LogP contribution in [0.5, 0.6) is 0 Å². The molecule has 5 nitrogen and oxygen atoms in total. The van der Waals surface area contributed by atoms with Crippen LogP contribution in [0, 0.1) is 24.8 Å². The third-order valence-electron chi connectivity index (χ3n) is 9.86. The normalized spacial score (nSPS) is 11.6. The van der Waals surface area contributed by atoms with Gasteiger partial charge in [0.25, 0.3) is 0 Å². The molecule has 7 rings (SSSR count). The average molecular weight is 866 g/mol. The fourth-order valence-electron chi connectivity index (χ4n) is 6.88. The minimum atomic E-state index is 0. The van der Waals surface area contributed by atoms with Crippen molar-refractivity contribution in [3.8, 4) is 33.5 Å². The Balaban J connectivity index is 0.000000280. The van der Waals surface area contributed by atoms with Gasteiger partial charge in [0, 0.05) is 72.9 Å². The maximum atomic E-state index is 11.7. The van der Waals surface area contributed by atoms with Gasteiger partial charge in [-0.05, 0) is 90.2 Å². The van der Waals surface area contributed by atoms with Crippen LogP contribution in [0.1, 0.15) is 58.9 Å². The SMILES string of the molecule is CCC(CC)C(=O)/C=C(\O)C(CC)CC.Cc1cc(-c2cccc3ccncc23)c2oc3c(-c4cc(-c5ccccc5)ccn4)[c-]ccc3c2c1.[Ir]. The Morgan fingerprint density at radius 2 is 1.52 bits per heavy atom. The fraction of sp³-hybridized carbons (Fsp3) is 0.239. The van der Waals surface area contributed by atoms with Gasteiger partial charge in [-0.15, -0.1) is 18.2 Å². The van der Waals surface area contributed by atoms with Gasteiger partial charge >= 0.3 is 0 Å². The van der Waals surface area contributed by atoms with Gasteiger partial charge < -0.3 is 14.5 Å². The third-order valence-corrected chi connectivity index (χ3v) is 9.86. The molecule has 3 heterocycles. The van der Waals surface area contributed by atoms with Crippen LogP contribution in [-0.4, -0.2) is 20.9 Å². The van der Waals surface area contributed by atoms with E-state index in [1.807, 2.05) is 82.7 Å². The van der Waals surface area contributed by atoms with Gasteiger partial charge in [-0.2, -0.15) is 0 Å². The molecule has 1 radical (unpaired) electrons. The molecule has 7 aromatic rings. The molecule has 0 spiro atoms. The van der Waals surface area contributed by atoms with Crippen LogP contribution < -0.4 is 0 Å². The fourth-order valence-corrected chi connectivity index (χ4v) is 6.88. The van der Waals surface area contributed by atoms with Gasteiger partial charge in [-0.25, -0.2) is 0 Å². The van der Waals surface area contributed by atoms with Crippen LogP contribution in [0.15, 0.2) is 126 Å². The predicted molar refractivity (Wildman–Crippen MR) is 211 cm³/mol. The molecular formula is C46H45IrN2O3-. The molecular weight excluding hydrogens is 821 g/mol. The van der Waals surface area contributed by atoms with Gasteiger partial charge in [0.15, 0.2) is 5.78 Å². The van der Waals surface area contributed by atoms with E-state index in [4.69, 9.17) is 9.40 Å². The number of ketones is 1. The number of allylic oxidation sites excluding steroid dienone is 2. The molecule has 267 valence electrons. The number of furan rings is 1. The number of aliphatic hydroxyl groups is 1. The molecule has 0 aliphatic heterocycles. The molecule has 1 N–H and O–H groups in total. The number of aliphatic hydroxyl groups excluding tert-OH is 1. The van der Waals surface area contributed by atoms with Gasteiger partial charge in [0.05, 0.1) is 11.3 Å². The van der Waals surface area contributed by atoms with Crippen molar-refractivity contribution in [1.29, 1.82) is 0 Å². The Bertz CT molecular complexity index is 2310. The van der Waals surface area contributed by atoms with E-state index in [2.05, 4.69) is 72.6 Å². The van der Waals surface area contributed by atoms with Gasteiger partial charge in [0.2, 0.25) is 0 Å². The molecule has 0 aliphatic rings. The largest absolute Gasteiger partial charge is 0.512 e. The van der Waals surface area contributed by atoms with Crippen molar-refractivity contribution in [2.45, 2.75) is 60.3 Å². The molecule has 0 atom stereocenters. The number of carbonyl (C=O) groups is 1. The van der Waals surface area contributed by atoms with Crippen molar-refractivity contribution >= 4 is 38.5 Å². The Labute approximate surface area is 320 Å². The summed E-state index contributed by atoms with van der Waals surface area (Å²) < 4.78 is 6.68. The van der Waals surface area contributed by atoms with Gasteiger partial charge in [-0.3, -0.25) is 9.78 Å². The zero-order chi connectivity index (χ0) is 35.9. The molecule has 0 fully saturated rings. The van der Waals surface area contributed by atoms with Crippen LogP contribution in [0.4, 0.5) is 0 Å². The zero-order valence-electron chi connectivity index (χ0n) is 30.4. The van der Waals surface area contributed by atoms with E-state index in [9.17, 15) is 9.90 Å². The number of carbonyl (C=O) groups excluding carboxylic acids is 1. The standard InChI is InChI=1S/C33H21N2O.C13H24O2.Ir/c1-21-17-28(25-10-5-9-23-13-15-34-20-30(23)25)33-29(18-21)26-11-6-12-27(32(26)36-33)31-19-24(14-16-35-31)22-7-3-2-4-8-22;1-5-10(6-2)12(14)9-13(15)11(7-3)8-4;/h2-11,13-20H,1H3;9-11,14H,5-8H2,1-4H3;/q-1;;/b;12-9-;. The van der Waals surface area contributed by atoms with Gasteiger partial charge in [-0.1, -0.05) is 93.2 Å². The Hall–Kier alpha value is -4.90. The first-order valence-corrected chi connectivity index (χ1v) is 18.0. The minimum absolute atomic E-state index is 0. The molecule has 0 saturated heterocycles. The smallest absolute Gasteiger partial charge is 0.162 e. The van der Waals surface area contributed by atoms with Crippen LogP contribution in [0.25, 0.3) is 66.2 Å². The van der Waals surface area contributed by atoms with E-state index in [-0.39, 0.29) is 43.5 Å². The summed E-state index contributed by atoms with van der Waals surface area (Å²) in [5.41, 5.74) is 9.00. The summed E-state index contributed by atoms with van der Waals surface area (Å²) in [5.74, 6) is 0.547. The van der Waals surface area contributed by atoms with Crippen molar-refractivity contribution in [2.24, 2.45) is 11.8 Å². The third kappa shape index (κ3) is 8.09. The number of hydrogen-bond acceptors (Lipinski definition) is 5. The number of fused-ring (bicyclic) bond motifs is 4. The first-order valence-electron chi connectivity index (χ1n) is 18.0. The topological polar surface area (TPSA) is 76.2 Å². The molecule has 52 heavy (non-hydrogen) atoms. The zero-order valence-corrected chi connectivity index (χ0v) is 32.8. The molecule has 0 saturated carbocycles. The molecule has 3 aromatic heterocycles. The average Bonchev–Trinajstić information content (AvgIpc) is 3.54. The van der Waals surface area contributed by atoms with Crippen LogP contribution in [-0.2, 0) is 24.9 Å². The Kier molecular flexibility index (Phi) is 12.9. The van der Waals surface area contributed by atoms with Crippen molar-refractivity contribution in [3.63, 3.8) is 0 Å². The van der Waals surface area contributed by atoms with Crippen molar-refractivity contribution in [1.82, 2.24) is 9.97 Å². The summed E-state index contributed by atoms with van der Waals surface area (Å²) in [4.78, 5) is 20.8. The maximum Gasteiger partial charge on any atom is 0.162 e.